The van der Waals surface area contributed by atoms with E-state index in [2.05, 4.69) is 10.3 Å². The van der Waals surface area contributed by atoms with E-state index in [1.54, 1.807) is 13.0 Å². The number of fused-ring (bicyclic) bond motifs is 1. The van der Waals surface area contributed by atoms with Crippen LogP contribution in [0.3, 0.4) is 0 Å². The maximum atomic E-state index is 10.8. The lowest BCUT2D eigenvalue weighted by atomic mass is 10.2. The van der Waals surface area contributed by atoms with Crippen LogP contribution in [0.15, 0.2) is 22.6 Å². The maximum Gasteiger partial charge on any atom is 0.335 e. The zero-order valence-corrected chi connectivity index (χ0v) is 10.6. The van der Waals surface area contributed by atoms with E-state index in [-0.39, 0.29) is 11.7 Å². The van der Waals surface area contributed by atoms with Crippen LogP contribution < -0.4 is 5.32 Å². The van der Waals surface area contributed by atoms with Crippen molar-refractivity contribution >= 4 is 23.1 Å². The number of aliphatic hydroxyl groups excluding tert-OH is 1. The predicted molar refractivity (Wildman–Crippen MR) is 70.4 cm³/mol. The first-order valence-corrected chi connectivity index (χ1v) is 6.12. The predicted octanol–water partition coefficient (Wildman–Crippen LogP) is 2.10. The Labute approximate surface area is 110 Å². The van der Waals surface area contributed by atoms with E-state index >= 15 is 0 Å². The molecular formula is C13H16N2O4. The molecule has 0 spiro atoms. The number of carboxylic acid groups (broad SMARTS) is 1. The van der Waals surface area contributed by atoms with E-state index < -0.39 is 5.97 Å². The van der Waals surface area contributed by atoms with Gasteiger partial charge < -0.3 is 19.9 Å². The monoisotopic (exact) mass is 264 g/mol. The summed E-state index contributed by atoms with van der Waals surface area (Å²) in [6, 6.07) is 4.92. The topological polar surface area (TPSA) is 95.6 Å². The number of carboxylic acids is 1. The van der Waals surface area contributed by atoms with E-state index in [0.29, 0.717) is 30.1 Å². The minimum atomic E-state index is -0.996. The SMILES string of the molecule is CC(O)CCCNc1nc2ccc(C(=O)O)cc2o1. The Bertz CT molecular complexity index is 577. The zero-order valence-electron chi connectivity index (χ0n) is 10.6. The number of nitrogens with zero attached hydrogens (tertiary/aromatic N) is 1. The third-order valence-corrected chi connectivity index (χ3v) is 2.71. The molecule has 6 heteroatoms. The van der Waals surface area contributed by atoms with Crippen molar-refractivity contribution in [2.75, 3.05) is 11.9 Å². The Morgan fingerprint density at radius 3 is 3.00 bits per heavy atom. The molecule has 0 fully saturated rings. The van der Waals surface area contributed by atoms with Gasteiger partial charge in [-0.2, -0.15) is 4.98 Å². The zero-order chi connectivity index (χ0) is 13.8. The molecule has 3 N–H and O–H groups in total. The lowest BCUT2D eigenvalue weighted by Gasteiger charge is -2.03. The number of anilines is 1. The largest absolute Gasteiger partial charge is 0.478 e. The van der Waals surface area contributed by atoms with Crippen LogP contribution in [-0.2, 0) is 0 Å². The molecule has 1 aromatic carbocycles. The smallest absolute Gasteiger partial charge is 0.335 e. The second-order valence-corrected chi connectivity index (χ2v) is 4.42. The number of aromatic carboxylic acids is 1. The highest BCUT2D eigenvalue weighted by Gasteiger charge is 2.09. The average molecular weight is 264 g/mol. The van der Waals surface area contributed by atoms with Crippen LogP contribution in [0.25, 0.3) is 11.1 Å². The van der Waals surface area contributed by atoms with Gasteiger partial charge in [-0.25, -0.2) is 4.79 Å². The Balaban J connectivity index is 2.03. The molecule has 0 radical (unpaired) electrons. The standard InChI is InChI=1S/C13H16N2O4/c1-8(16)3-2-6-14-13-15-10-5-4-9(12(17)18)7-11(10)19-13/h4-5,7-8,16H,2-3,6H2,1H3,(H,14,15)(H,17,18). The van der Waals surface area contributed by atoms with Crippen molar-refractivity contribution in [1.82, 2.24) is 4.98 Å². The number of aromatic nitrogens is 1. The number of rotatable bonds is 6. The summed E-state index contributed by atoms with van der Waals surface area (Å²) in [5.41, 5.74) is 1.23. The highest BCUT2D eigenvalue weighted by Crippen LogP contribution is 2.20. The minimum Gasteiger partial charge on any atom is -0.478 e. The number of nitrogens with one attached hydrogen (secondary N) is 1. The van der Waals surface area contributed by atoms with Crippen molar-refractivity contribution in [1.29, 1.82) is 0 Å². The van der Waals surface area contributed by atoms with E-state index in [1.165, 1.54) is 12.1 Å². The van der Waals surface area contributed by atoms with Gasteiger partial charge in [0, 0.05) is 6.54 Å². The first-order valence-electron chi connectivity index (χ1n) is 6.12. The fourth-order valence-corrected chi connectivity index (χ4v) is 1.73. The normalized spacial score (nSPS) is 12.5. The van der Waals surface area contributed by atoms with E-state index in [4.69, 9.17) is 14.6 Å². The maximum absolute atomic E-state index is 10.8. The van der Waals surface area contributed by atoms with Gasteiger partial charge in [-0.05, 0) is 38.0 Å². The van der Waals surface area contributed by atoms with Gasteiger partial charge in [0.15, 0.2) is 5.58 Å². The molecular weight excluding hydrogens is 248 g/mol. The van der Waals surface area contributed by atoms with E-state index in [1.807, 2.05) is 0 Å². The van der Waals surface area contributed by atoms with Gasteiger partial charge in [0.2, 0.25) is 0 Å². The summed E-state index contributed by atoms with van der Waals surface area (Å²) in [6.07, 6.45) is 1.19. The second kappa shape index (κ2) is 5.71. The number of benzene rings is 1. The second-order valence-electron chi connectivity index (χ2n) is 4.42. The van der Waals surface area contributed by atoms with Crippen LogP contribution in [0.2, 0.25) is 0 Å². The van der Waals surface area contributed by atoms with Gasteiger partial charge >= 0.3 is 5.97 Å². The summed E-state index contributed by atoms with van der Waals surface area (Å²) in [7, 11) is 0. The Hall–Kier alpha value is -2.08. The third kappa shape index (κ3) is 3.45. The van der Waals surface area contributed by atoms with Crippen LogP contribution in [0.5, 0.6) is 0 Å². The molecule has 102 valence electrons. The number of hydrogen-bond donors (Lipinski definition) is 3. The fraction of sp³-hybridized carbons (Fsp3) is 0.385. The fourth-order valence-electron chi connectivity index (χ4n) is 1.73. The van der Waals surface area contributed by atoms with Gasteiger partial charge in [0.1, 0.15) is 5.52 Å². The molecule has 1 heterocycles. The molecule has 0 aliphatic carbocycles. The number of oxazole rings is 1. The molecule has 1 atom stereocenters. The molecule has 0 aliphatic heterocycles. The van der Waals surface area contributed by atoms with Crippen LogP contribution in [0.4, 0.5) is 6.01 Å². The van der Waals surface area contributed by atoms with Crippen LogP contribution in [-0.4, -0.2) is 33.8 Å². The lowest BCUT2D eigenvalue weighted by Crippen LogP contribution is -2.06. The Morgan fingerprint density at radius 2 is 2.32 bits per heavy atom. The molecule has 0 amide bonds. The summed E-state index contributed by atoms with van der Waals surface area (Å²) in [5, 5.41) is 21.0. The van der Waals surface area contributed by atoms with Crippen LogP contribution in [0.1, 0.15) is 30.1 Å². The molecule has 0 bridgehead atoms. The van der Waals surface area contributed by atoms with Gasteiger partial charge in [-0.15, -0.1) is 0 Å². The van der Waals surface area contributed by atoms with Gasteiger partial charge in [-0.1, -0.05) is 0 Å². The Morgan fingerprint density at radius 1 is 1.53 bits per heavy atom. The summed E-state index contributed by atoms with van der Waals surface area (Å²) < 4.78 is 5.42. The lowest BCUT2D eigenvalue weighted by molar-refractivity contribution is 0.0697. The first kappa shape index (κ1) is 13.4. The number of hydrogen-bond acceptors (Lipinski definition) is 5. The summed E-state index contributed by atoms with van der Waals surface area (Å²) in [6.45, 7) is 2.39. The van der Waals surface area contributed by atoms with Gasteiger partial charge in [0.25, 0.3) is 6.01 Å². The Kier molecular flexibility index (Phi) is 4.01. The molecule has 0 saturated heterocycles. The van der Waals surface area contributed by atoms with Crippen molar-refractivity contribution in [2.45, 2.75) is 25.9 Å². The average Bonchev–Trinajstić information content (AvgIpc) is 2.75. The molecule has 1 aromatic heterocycles. The molecule has 0 saturated carbocycles. The van der Waals surface area contributed by atoms with Gasteiger partial charge in [-0.3, -0.25) is 0 Å². The summed E-state index contributed by atoms with van der Waals surface area (Å²) in [5.74, 6) is -0.996. The highest BCUT2D eigenvalue weighted by molar-refractivity contribution is 5.92. The van der Waals surface area contributed by atoms with Crippen LogP contribution in [0, 0.1) is 0 Å². The van der Waals surface area contributed by atoms with Crippen molar-refractivity contribution in [2.24, 2.45) is 0 Å². The van der Waals surface area contributed by atoms with Crippen molar-refractivity contribution < 1.29 is 19.4 Å². The van der Waals surface area contributed by atoms with Crippen molar-refractivity contribution in [3.05, 3.63) is 23.8 Å². The summed E-state index contributed by atoms with van der Waals surface area (Å²) >= 11 is 0. The third-order valence-electron chi connectivity index (χ3n) is 2.71. The molecule has 19 heavy (non-hydrogen) atoms. The molecule has 1 unspecified atom stereocenters. The molecule has 0 aliphatic rings. The van der Waals surface area contributed by atoms with Crippen molar-refractivity contribution in [3.63, 3.8) is 0 Å². The van der Waals surface area contributed by atoms with Crippen molar-refractivity contribution in [3.8, 4) is 0 Å². The molecule has 2 rings (SSSR count). The number of carbonyl (C=O) groups is 1. The molecule has 6 nitrogen and oxygen atoms in total. The van der Waals surface area contributed by atoms with Gasteiger partial charge in [0.05, 0.1) is 11.7 Å². The summed E-state index contributed by atoms with van der Waals surface area (Å²) in [4.78, 5) is 15.0. The molecule has 2 aromatic rings. The highest BCUT2D eigenvalue weighted by atomic mass is 16.4. The minimum absolute atomic E-state index is 0.171. The van der Waals surface area contributed by atoms with E-state index in [0.717, 1.165) is 6.42 Å². The van der Waals surface area contributed by atoms with Crippen LogP contribution >= 0.6 is 0 Å². The van der Waals surface area contributed by atoms with E-state index in [9.17, 15) is 4.79 Å². The first-order chi connectivity index (χ1) is 9.06. The number of aliphatic hydroxyl groups is 1. The quantitative estimate of drug-likeness (QED) is 0.691.